The second-order valence-electron chi connectivity index (χ2n) is 10.2. The summed E-state index contributed by atoms with van der Waals surface area (Å²) in [5.74, 6) is 0.806. The lowest BCUT2D eigenvalue weighted by atomic mass is 9.86. The predicted molar refractivity (Wildman–Crippen MR) is 150 cm³/mol. The zero-order valence-corrected chi connectivity index (χ0v) is 23.3. The van der Waals surface area contributed by atoms with Crippen LogP contribution in [0.4, 0.5) is 0 Å². The molecule has 1 aliphatic heterocycles. The number of benzene rings is 2. The van der Waals surface area contributed by atoms with Gasteiger partial charge < -0.3 is 14.0 Å². The lowest BCUT2D eigenvalue weighted by Gasteiger charge is -2.33. The summed E-state index contributed by atoms with van der Waals surface area (Å²) in [5, 5.41) is 9.11. The Labute approximate surface area is 227 Å². The first kappa shape index (κ1) is 25.5. The Morgan fingerprint density at radius 2 is 1.85 bits per heavy atom. The van der Waals surface area contributed by atoms with Crippen molar-refractivity contribution in [3.63, 3.8) is 0 Å². The van der Waals surface area contributed by atoms with Crippen LogP contribution >= 0.6 is 0 Å². The summed E-state index contributed by atoms with van der Waals surface area (Å²) in [4.78, 5) is 5.19. The van der Waals surface area contributed by atoms with E-state index < -0.39 is 9.84 Å². The number of hydrogen-bond acceptors (Lipinski definition) is 7. The quantitative estimate of drug-likeness (QED) is 0.304. The Bertz CT molecular complexity index is 1770. The highest BCUT2D eigenvalue weighted by molar-refractivity contribution is 7.91. The highest BCUT2D eigenvalue weighted by Gasteiger charge is 2.33. The molecule has 3 aromatic heterocycles. The van der Waals surface area contributed by atoms with Gasteiger partial charge in [-0.2, -0.15) is 0 Å². The van der Waals surface area contributed by atoms with Crippen molar-refractivity contribution < 1.29 is 17.9 Å². The van der Waals surface area contributed by atoms with E-state index >= 15 is 0 Å². The third-order valence-electron chi connectivity index (χ3n) is 7.73. The molecular weight excluding hydrogens is 514 g/mol. The largest absolute Gasteiger partial charge is 0.496 e. The van der Waals surface area contributed by atoms with Gasteiger partial charge in [-0.05, 0) is 49.4 Å². The topological polar surface area (TPSA) is 101 Å². The predicted octanol–water partition coefficient (Wildman–Crippen LogP) is 4.72. The van der Waals surface area contributed by atoms with E-state index in [9.17, 15) is 8.42 Å². The van der Waals surface area contributed by atoms with Crippen LogP contribution in [0.2, 0.25) is 0 Å². The van der Waals surface area contributed by atoms with Gasteiger partial charge in [0.15, 0.2) is 9.84 Å². The van der Waals surface area contributed by atoms with Gasteiger partial charge in [0, 0.05) is 38.3 Å². The fourth-order valence-electron chi connectivity index (χ4n) is 6.03. The zero-order chi connectivity index (χ0) is 27.3. The van der Waals surface area contributed by atoms with Gasteiger partial charge in [-0.15, -0.1) is 5.10 Å². The third kappa shape index (κ3) is 4.28. The highest BCUT2D eigenvalue weighted by atomic mass is 32.2. The summed E-state index contributed by atoms with van der Waals surface area (Å²) in [6, 6.07) is 15.6. The normalized spacial score (nSPS) is 15.7. The number of nitrogens with zero attached hydrogens (tertiary/aromatic N) is 5. The number of aryl methyl sites for hydroxylation is 2. The van der Waals surface area contributed by atoms with Gasteiger partial charge in [0.2, 0.25) is 0 Å². The molecule has 4 heterocycles. The first-order valence-corrected chi connectivity index (χ1v) is 14.9. The molecule has 10 heteroatoms. The van der Waals surface area contributed by atoms with Gasteiger partial charge in [-0.25, -0.2) is 13.1 Å². The van der Waals surface area contributed by atoms with Gasteiger partial charge in [0.1, 0.15) is 5.75 Å². The van der Waals surface area contributed by atoms with Crippen molar-refractivity contribution in [1.82, 2.24) is 24.5 Å². The van der Waals surface area contributed by atoms with Crippen LogP contribution in [0.25, 0.3) is 33.2 Å². The summed E-state index contributed by atoms with van der Waals surface area (Å²) in [6.45, 7) is 3.25. The third-order valence-corrected chi connectivity index (χ3v) is 8.86. The number of methoxy groups -OCH3 is 1. The summed E-state index contributed by atoms with van der Waals surface area (Å²) in [6.07, 6.45) is 4.77. The first-order valence-electron chi connectivity index (χ1n) is 13.0. The maximum Gasteiger partial charge on any atom is 0.177 e. The summed E-state index contributed by atoms with van der Waals surface area (Å²) < 4.78 is 41.9. The molecule has 9 nitrogen and oxygen atoms in total. The molecule has 0 spiro atoms. The summed E-state index contributed by atoms with van der Waals surface area (Å²) >= 11 is 0. The van der Waals surface area contributed by atoms with Crippen LogP contribution in [0.3, 0.4) is 0 Å². The molecule has 39 heavy (non-hydrogen) atoms. The van der Waals surface area contributed by atoms with Crippen LogP contribution in [-0.4, -0.2) is 59.5 Å². The minimum atomic E-state index is -3.59. The van der Waals surface area contributed by atoms with Crippen LogP contribution in [0.15, 0.2) is 59.6 Å². The number of hydrogen-bond donors (Lipinski definition) is 0. The van der Waals surface area contributed by atoms with Crippen LogP contribution in [-0.2, 0) is 21.6 Å². The average molecular weight is 546 g/mol. The molecule has 5 aromatic rings. The molecule has 1 atom stereocenters. The maximum absolute atomic E-state index is 13.2. The first-order chi connectivity index (χ1) is 18.8. The molecule has 0 amide bonds. The highest BCUT2D eigenvalue weighted by Crippen LogP contribution is 2.45. The Morgan fingerprint density at radius 3 is 2.49 bits per heavy atom. The minimum Gasteiger partial charge on any atom is -0.496 e. The van der Waals surface area contributed by atoms with E-state index in [1.807, 2.05) is 32.2 Å². The monoisotopic (exact) mass is 545 g/mol. The lowest BCUT2D eigenvalue weighted by Crippen LogP contribution is -2.27. The van der Waals surface area contributed by atoms with Crippen molar-refractivity contribution >= 4 is 31.8 Å². The van der Waals surface area contributed by atoms with Crippen molar-refractivity contribution in [2.24, 2.45) is 13.0 Å². The van der Waals surface area contributed by atoms with Crippen LogP contribution in [0, 0.1) is 12.8 Å². The molecule has 2 aromatic carbocycles. The fourth-order valence-corrected chi connectivity index (χ4v) is 6.90. The molecule has 0 N–H and O–H groups in total. The number of ether oxygens (including phenoxy) is 2. The molecule has 0 aliphatic carbocycles. The molecular formula is C29H31N5O4S. The molecule has 6 rings (SSSR count). The molecule has 1 saturated heterocycles. The van der Waals surface area contributed by atoms with Crippen LogP contribution < -0.4 is 4.74 Å². The minimum absolute atomic E-state index is 0.148. The van der Waals surface area contributed by atoms with E-state index in [1.54, 1.807) is 30.1 Å². The second-order valence-corrected chi connectivity index (χ2v) is 12.2. The maximum atomic E-state index is 13.2. The van der Waals surface area contributed by atoms with E-state index in [4.69, 9.17) is 14.5 Å². The molecule has 0 bridgehead atoms. The van der Waals surface area contributed by atoms with Gasteiger partial charge in [-0.1, -0.05) is 35.5 Å². The van der Waals surface area contributed by atoms with Crippen LogP contribution in [0.1, 0.15) is 30.1 Å². The van der Waals surface area contributed by atoms with Gasteiger partial charge in [0.05, 0.1) is 51.4 Å². The molecule has 0 saturated carbocycles. The van der Waals surface area contributed by atoms with Crippen molar-refractivity contribution in [2.75, 3.05) is 26.6 Å². The molecule has 1 unspecified atom stereocenters. The van der Waals surface area contributed by atoms with E-state index in [2.05, 4.69) is 33.1 Å². The molecule has 202 valence electrons. The summed E-state index contributed by atoms with van der Waals surface area (Å²) in [5.41, 5.74) is 5.74. The Morgan fingerprint density at radius 1 is 1.10 bits per heavy atom. The molecule has 1 fully saturated rings. The Kier molecular flexibility index (Phi) is 6.39. The smallest absolute Gasteiger partial charge is 0.177 e. The van der Waals surface area contributed by atoms with E-state index in [-0.39, 0.29) is 16.9 Å². The summed E-state index contributed by atoms with van der Waals surface area (Å²) in [7, 11) is -0.133. The van der Waals surface area contributed by atoms with Crippen molar-refractivity contribution in [2.45, 2.75) is 30.7 Å². The van der Waals surface area contributed by atoms with E-state index in [0.29, 0.717) is 35.4 Å². The number of rotatable bonds is 6. The van der Waals surface area contributed by atoms with Gasteiger partial charge >= 0.3 is 0 Å². The molecule has 0 radical (unpaired) electrons. The van der Waals surface area contributed by atoms with Crippen molar-refractivity contribution in [1.29, 1.82) is 0 Å². The average Bonchev–Trinajstić information content (AvgIpc) is 3.45. The second kappa shape index (κ2) is 9.77. The number of aromatic nitrogens is 5. The standard InChI is InChI=1S/C29H31N5O4S/c1-18-27(33(2)32-31-18)21-16-22-26(30-17-21)25-23(37-3)10-11-24(39(4,35)36)29(25)34(22)28(19-8-6-5-7-9-19)20-12-14-38-15-13-20/h5-11,16-17,20,28H,12-15H2,1-4H3. The van der Waals surface area contributed by atoms with E-state index in [1.165, 1.54) is 6.26 Å². The number of fused-ring (bicyclic) bond motifs is 3. The molecule has 1 aliphatic rings. The van der Waals surface area contributed by atoms with Crippen LogP contribution in [0.5, 0.6) is 5.75 Å². The van der Waals surface area contributed by atoms with Gasteiger partial charge in [-0.3, -0.25) is 4.98 Å². The van der Waals surface area contributed by atoms with Crippen molar-refractivity contribution in [3.05, 3.63) is 66.0 Å². The number of pyridine rings is 1. The Hall–Kier alpha value is -3.76. The lowest BCUT2D eigenvalue weighted by molar-refractivity contribution is 0.0552. The number of sulfone groups is 1. The SMILES string of the molecule is COc1ccc(S(C)(=O)=O)c2c1c1ncc(-c3c(C)nnn3C)cc1n2C(c1ccccc1)C1CCOCC1. The van der Waals surface area contributed by atoms with Crippen molar-refractivity contribution in [3.8, 4) is 17.0 Å². The van der Waals surface area contributed by atoms with Gasteiger partial charge in [0.25, 0.3) is 0 Å². The van der Waals surface area contributed by atoms with E-state index in [0.717, 1.165) is 40.9 Å². The zero-order valence-electron chi connectivity index (χ0n) is 22.5. The Balaban J connectivity index is 1.79. The fraction of sp³-hybridized carbons (Fsp3) is 0.345.